The molecule has 0 bridgehead atoms. The minimum atomic E-state index is -4.67. The standard InChI is InChI=1S/C18H21ClF3NO4S/c19-12-5-6-16(15(9-12)18(20,21)22)27-10-17(24)23(13-3-1-2-4-13)14-7-8-28(25,26)11-14/h5-6,9,13-14H,1-4,7-8,10-11H2. The van der Waals surface area contributed by atoms with Crippen molar-refractivity contribution in [3.05, 3.63) is 28.8 Å². The number of hydrogen-bond donors (Lipinski definition) is 0. The number of amides is 1. The highest BCUT2D eigenvalue weighted by Crippen LogP contribution is 2.38. The predicted octanol–water partition coefficient (Wildman–Crippen LogP) is 3.70. The highest BCUT2D eigenvalue weighted by atomic mass is 35.5. The van der Waals surface area contributed by atoms with Gasteiger partial charge in [-0.05, 0) is 37.5 Å². The molecule has 1 aliphatic heterocycles. The van der Waals surface area contributed by atoms with Crippen LogP contribution in [0.5, 0.6) is 5.75 Å². The summed E-state index contributed by atoms with van der Waals surface area (Å²) in [6, 6.07) is 2.55. The van der Waals surface area contributed by atoms with Gasteiger partial charge in [-0.3, -0.25) is 4.79 Å². The van der Waals surface area contributed by atoms with E-state index in [2.05, 4.69) is 0 Å². The molecule has 1 aromatic rings. The summed E-state index contributed by atoms with van der Waals surface area (Å²) in [6.45, 7) is -0.586. The van der Waals surface area contributed by atoms with Gasteiger partial charge >= 0.3 is 6.18 Å². The van der Waals surface area contributed by atoms with Crippen LogP contribution in [0.25, 0.3) is 0 Å². The van der Waals surface area contributed by atoms with E-state index < -0.39 is 45.9 Å². The van der Waals surface area contributed by atoms with Crippen molar-refractivity contribution in [1.29, 1.82) is 0 Å². The third-order valence-electron chi connectivity index (χ3n) is 5.21. The number of benzene rings is 1. The van der Waals surface area contributed by atoms with Crippen molar-refractivity contribution < 1.29 is 31.1 Å². The fraction of sp³-hybridized carbons (Fsp3) is 0.611. The summed E-state index contributed by atoms with van der Waals surface area (Å²) in [5, 5.41) is -0.0882. The second-order valence-corrected chi connectivity index (χ2v) is 9.89. The molecule has 0 aromatic heterocycles. The zero-order valence-electron chi connectivity index (χ0n) is 15.0. The van der Waals surface area contributed by atoms with E-state index in [1.807, 2.05) is 0 Å². The van der Waals surface area contributed by atoms with Crippen LogP contribution in [-0.4, -0.2) is 49.4 Å². The summed E-state index contributed by atoms with van der Waals surface area (Å²) in [5.41, 5.74) is -1.05. The van der Waals surface area contributed by atoms with E-state index in [0.717, 1.165) is 37.8 Å². The van der Waals surface area contributed by atoms with E-state index in [4.69, 9.17) is 16.3 Å². The summed E-state index contributed by atoms with van der Waals surface area (Å²) < 4.78 is 68.5. The van der Waals surface area contributed by atoms with Crippen molar-refractivity contribution in [2.45, 2.75) is 50.4 Å². The quantitative estimate of drug-likeness (QED) is 0.701. The summed E-state index contributed by atoms with van der Waals surface area (Å²) in [5.74, 6) is -1.05. The Balaban J connectivity index is 1.76. The van der Waals surface area contributed by atoms with E-state index in [9.17, 15) is 26.4 Å². The largest absolute Gasteiger partial charge is 0.483 e. The highest BCUT2D eigenvalue weighted by molar-refractivity contribution is 7.91. The molecule has 1 unspecified atom stereocenters. The van der Waals surface area contributed by atoms with Crippen molar-refractivity contribution in [3.8, 4) is 5.75 Å². The number of halogens is 4. The Hall–Kier alpha value is -1.48. The molecule has 1 saturated heterocycles. The van der Waals surface area contributed by atoms with Gasteiger partial charge in [0, 0.05) is 17.1 Å². The number of hydrogen-bond acceptors (Lipinski definition) is 4. The minimum Gasteiger partial charge on any atom is -0.483 e. The number of alkyl halides is 3. The molecule has 0 N–H and O–H groups in total. The van der Waals surface area contributed by atoms with Crippen molar-refractivity contribution in [2.24, 2.45) is 0 Å². The lowest BCUT2D eigenvalue weighted by atomic mass is 10.1. The molecule has 2 fully saturated rings. The SMILES string of the molecule is O=C(COc1ccc(Cl)cc1C(F)(F)F)N(C1CCCC1)C1CCS(=O)(=O)C1. The molecule has 28 heavy (non-hydrogen) atoms. The number of carbonyl (C=O) groups excluding carboxylic acids is 1. The lowest BCUT2D eigenvalue weighted by Crippen LogP contribution is -2.48. The normalized spacial score (nSPS) is 22.4. The van der Waals surface area contributed by atoms with Crippen molar-refractivity contribution in [3.63, 3.8) is 0 Å². The zero-order valence-corrected chi connectivity index (χ0v) is 16.6. The molecular weight excluding hydrogens is 419 g/mol. The Morgan fingerprint density at radius 2 is 1.86 bits per heavy atom. The molecule has 5 nitrogen and oxygen atoms in total. The third kappa shape index (κ3) is 4.92. The molecule has 156 valence electrons. The van der Waals surface area contributed by atoms with Crippen LogP contribution in [0.1, 0.15) is 37.7 Å². The molecule has 2 aliphatic rings. The van der Waals surface area contributed by atoms with Crippen LogP contribution >= 0.6 is 11.6 Å². The maximum atomic E-state index is 13.2. The van der Waals surface area contributed by atoms with Gasteiger partial charge in [0.25, 0.3) is 5.91 Å². The highest BCUT2D eigenvalue weighted by Gasteiger charge is 2.40. The van der Waals surface area contributed by atoms with E-state index in [-0.39, 0.29) is 22.6 Å². The summed E-state index contributed by atoms with van der Waals surface area (Å²) in [4.78, 5) is 14.4. The number of nitrogens with zero attached hydrogens (tertiary/aromatic N) is 1. The van der Waals surface area contributed by atoms with E-state index in [0.29, 0.717) is 6.42 Å². The van der Waals surface area contributed by atoms with Gasteiger partial charge in [-0.1, -0.05) is 24.4 Å². The number of carbonyl (C=O) groups is 1. The fourth-order valence-corrected chi connectivity index (χ4v) is 5.83. The second kappa shape index (κ2) is 8.10. The average Bonchev–Trinajstić information content (AvgIpc) is 3.23. The Labute approximate surface area is 166 Å². The molecule has 1 aliphatic carbocycles. The number of rotatable bonds is 5. The van der Waals surface area contributed by atoms with Crippen molar-refractivity contribution in [1.82, 2.24) is 4.90 Å². The van der Waals surface area contributed by atoms with Crippen LogP contribution in [-0.2, 0) is 20.8 Å². The molecule has 0 spiro atoms. The Morgan fingerprint density at radius 3 is 2.43 bits per heavy atom. The van der Waals surface area contributed by atoms with E-state index in [1.165, 1.54) is 6.07 Å². The van der Waals surface area contributed by atoms with Crippen LogP contribution < -0.4 is 4.74 Å². The fourth-order valence-electron chi connectivity index (χ4n) is 3.95. The van der Waals surface area contributed by atoms with Crippen LogP contribution in [0.3, 0.4) is 0 Å². The molecule has 1 saturated carbocycles. The first-order valence-corrected chi connectivity index (χ1v) is 11.3. The molecule has 1 heterocycles. The zero-order chi connectivity index (χ0) is 20.5. The summed E-state index contributed by atoms with van der Waals surface area (Å²) in [7, 11) is -3.20. The smallest absolute Gasteiger partial charge is 0.420 e. The van der Waals surface area contributed by atoms with Gasteiger partial charge in [-0.25, -0.2) is 8.42 Å². The van der Waals surface area contributed by atoms with Gasteiger partial charge in [0.05, 0.1) is 17.1 Å². The van der Waals surface area contributed by atoms with Gasteiger partial charge in [-0.15, -0.1) is 0 Å². The Morgan fingerprint density at radius 1 is 1.18 bits per heavy atom. The third-order valence-corrected chi connectivity index (χ3v) is 7.19. The first kappa shape index (κ1) is 21.2. The molecular formula is C18H21ClF3NO4S. The van der Waals surface area contributed by atoms with Crippen LogP contribution in [0, 0.1) is 0 Å². The summed E-state index contributed by atoms with van der Waals surface area (Å²) in [6.07, 6.45) is -0.935. The lowest BCUT2D eigenvalue weighted by molar-refractivity contribution is -0.142. The molecule has 0 radical (unpaired) electrons. The van der Waals surface area contributed by atoms with Gasteiger partial charge in [0.1, 0.15) is 5.75 Å². The lowest BCUT2D eigenvalue weighted by Gasteiger charge is -2.34. The molecule has 10 heteroatoms. The minimum absolute atomic E-state index is 0.0183. The average molecular weight is 440 g/mol. The van der Waals surface area contributed by atoms with Gasteiger partial charge in [0.15, 0.2) is 16.4 Å². The Kier molecular flexibility index (Phi) is 6.14. The van der Waals surface area contributed by atoms with Gasteiger partial charge in [0.2, 0.25) is 0 Å². The van der Waals surface area contributed by atoms with Gasteiger partial charge < -0.3 is 9.64 Å². The van der Waals surface area contributed by atoms with E-state index in [1.54, 1.807) is 4.90 Å². The predicted molar refractivity (Wildman–Crippen MR) is 98.1 cm³/mol. The number of ether oxygens (including phenoxy) is 1. The van der Waals surface area contributed by atoms with Crippen molar-refractivity contribution in [2.75, 3.05) is 18.1 Å². The van der Waals surface area contributed by atoms with Gasteiger partial charge in [-0.2, -0.15) is 13.2 Å². The second-order valence-electron chi connectivity index (χ2n) is 7.22. The maximum absolute atomic E-state index is 13.2. The van der Waals surface area contributed by atoms with E-state index >= 15 is 0 Å². The maximum Gasteiger partial charge on any atom is 0.420 e. The number of sulfone groups is 1. The van der Waals surface area contributed by atoms with Crippen molar-refractivity contribution >= 4 is 27.3 Å². The summed E-state index contributed by atoms with van der Waals surface area (Å²) >= 11 is 5.65. The molecule has 1 aromatic carbocycles. The van der Waals surface area contributed by atoms with Crippen LogP contribution in [0.4, 0.5) is 13.2 Å². The molecule has 1 atom stereocenters. The molecule has 3 rings (SSSR count). The first-order valence-electron chi connectivity index (χ1n) is 9.08. The Bertz CT molecular complexity index is 838. The monoisotopic (exact) mass is 439 g/mol. The van der Waals surface area contributed by atoms with Crippen LogP contribution in [0.15, 0.2) is 18.2 Å². The molecule has 1 amide bonds. The topological polar surface area (TPSA) is 63.7 Å². The van der Waals surface area contributed by atoms with Crippen LogP contribution in [0.2, 0.25) is 5.02 Å². The first-order chi connectivity index (χ1) is 13.1.